The van der Waals surface area contributed by atoms with E-state index in [0.29, 0.717) is 34.7 Å². The lowest BCUT2D eigenvalue weighted by atomic mass is 10.0. The highest BCUT2D eigenvalue weighted by molar-refractivity contribution is 9.10. The van der Waals surface area contributed by atoms with Crippen LogP contribution in [0.4, 0.5) is 33.1 Å². The van der Waals surface area contributed by atoms with Crippen LogP contribution in [0, 0.1) is 5.82 Å². The van der Waals surface area contributed by atoms with Crippen molar-refractivity contribution >= 4 is 44.6 Å². The van der Waals surface area contributed by atoms with E-state index in [1.165, 1.54) is 12.4 Å². The van der Waals surface area contributed by atoms with Gasteiger partial charge in [0.05, 0.1) is 29.9 Å². The van der Waals surface area contributed by atoms with Gasteiger partial charge in [0.2, 0.25) is 0 Å². The van der Waals surface area contributed by atoms with Gasteiger partial charge in [0.15, 0.2) is 0 Å². The van der Waals surface area contributed by atoms with Gasteiger partial charge in [-0.15, -0.1) is 0 Å². The number of hydrogen-bond acceptors (Lipinski definition) is 9. The van der Waals surface area contributed by atoms with Gasteiger partial charge in [-0.3, -0.25) is 14.8 Å². The number of nitrogens with two attached hydrogens (primary N) is 1. The third-order valence-electron chi connectivity index (χ3n) is 8.40. The molecule has 0 amide bonds. The van der Waals surface area contributed by atoms with Crippen molar-refractivity contribution in [1.82, 2.24) is 24.8 Å². The number of methoxy groups -OCH3 is 1. The first kappa shape index (κ1) is 29.3. The molecule has 2 aromatic heterocycles. The van der Waals surface area contributed by atoms with Gasteiger partial charge in [-0.1, -0.05) is 12.1 Å². The molecule has 43 heavy (non-hydrogen) atoms. The van der Waals surface area contributed by atoms with Gasteiger partial charge in [-0.2, -0.15) is 0 Å². The molecule has 2 aliphatic rings. The largest absolute Gasteiger partial charge is 0.494 e. The van der Waals surface area contributed by atoms with Crippen LogP contribution in [-0.2, 0) is 0 Å². The van der Waals surface area contributed by atoms with Crippen molar-refractivity contribution in [2.75, 3.05) is 69.0 Å². The van der Waals surface area contributed by atoms with Crippen molar-refractivity contribution < 1.29 is 9.13 Å². The molecule has 0 saturated carbocycles. The predicted octanol–water partition coefficient (Wildman–Crippen LogP) is 5.72. The Kier molecular flexibility index (Phi) is 8.73. The van der Waals surface area contributed by atoms with Gasteiger partial charge in [0.25, 0.3) is 0 Å². The van der Waals surface area contributed by atoms with E-state index in [0.717, 1.165) is 73.6 Å². The van der Waals surface area contributed by atoms with Crippen LogP contribution in [0.2, 0.25) is 0 Å². The minimum atomic E-state index is -0.342. The lowest BCUT2D eigenvalue weighted by Gasteiger charge is -2.43. The van der Waals surface area contributed by atoms with E-state index >= 15 is 0 Å². The molecule has 9 nitrogen and oxygen atoms in total. The first-order chi connectivity index (χ1) is 20.9. The maximum Gasteiger partial charge on any atom is 0.145 e. The van der Waals surface area contributed by atoms with Crippen molar-refractivity contribution in [2.45, 2.75) is 18.9 Å². The Bertz CT molecular complexity index is 1570. The topological polar surface area (TPSA) is 86.9 Å². The second-order valence-electron chi connectivity index (χ2n) is 11.0. The third-order valence-corrected chi connectivity index (χ3v) is 9.04. The molecule has 11 heteroatoms. The maximum absolute atomic E-state index is 14.7. The van der Waals surface area contributed by atoms with Crippen LogP contribution in [-0.4, -0.2) is 84.2 Å². The summed E-state index contributed by atoms with van der Waals surface area (Å²) >= 11 is 3.87. The number of anilines is 5. The van der Waals surface area contributed by atoms with Crippen LogP contribution in [0.15, 0.2) is 71.6 Å². The Hall–Kier alpha value is -3.80. The molecular weight excluding hydrogens is 611 g/mol. The summed E-state index contributed by atoms with van der Waals surface area (Å²) in [6.45, 7) is 6.51. The van der Waals surface area contributed by atoms with Crippen molar-refractivity contribution in [3.05, 3.63) is 77.4 Å². The molecule has 0 radical (unpaired) electrons. The molecule has 0 aliphatic carbocycles. The second kappa shape index (κ2) is 12.8. The number of hydrogen-bond donors (Lipinski definition) is 1. The Morgan fingerprint density at radius 1 is 0.953 bits per heavy atom. The summed E-state index contributed by atoms with van der Waals surface area (Å²) in [5.41, 5.74) is 9.56. The summed E-state index contributed by atoms with van der Waals surface area (Å²) in [6.07, 6.45) is 5.34. The van der Waals surface area contributed by atoms with Crippen LogP contribution >= 0.6 is 15.9 Å². The zero-order valence-electron chi connectivity index (χ0n) is 24.5. The third kappa shape index (κ3) is 6.29. The highest BCUT2D eigenvalue weighted by atomic mass is 79.9. The van der Waals surface area contributed by atoms with Crippen LogP contribution in [0.3, 0.4) is 0 Å². The average Bonchev–Trinajstić information content (AvgIpc) is 3.02. The van der Waals surface area contributed by atoms with Crippen LogP contribution < -0.4 is 20.3 Å². The number of benzene rings is 2. The van der Waals surface area contributed by atoms with E-state index in [2.05, 4.69) is 58.7 Å². The number of likely N-dealkylation sites (N-methyl/N-ethyl adjacent to an activating group) is 1. The number of aromatic nitrogens is 3. The fraction of sp³-hybridized carbons (Fsp3) is 0.344. The zero-order valence-corrected chi connectivity index (χ0v) is 26.0. The number of ether oxygens (including phenoxy) is 1. The van der Waals surface area contributed by atoms with E-state index in [1.807, 2.05) is 23.1 Å². The van der Waals surface area contributed by atoms with Crippen LogP contribution in [0.5, 0.6) is 5.75 Å². The quantitative estimate of drug-likeness (QED) is 0.271. The van der Waals surface area contributed by atoms with E-state index in [9.17, 15) is 4.39 Å². The number of pyridine rings is 1. The molecule has 2 aromatic carbocycles. The monoisotopic (exact) mass is 646 g/mol. The standard InChI is InChI=1S/C32H36BrFN8O/c1-39-13-15-40(16-14-39)22-8-11-41(12-9-22)28-19-30(43-2)29(18-25(28)33)42(32-20-31(35)37-21-38-32)23-7-10-36-27(17-23)24-5-3-4-6-26(24)34/h3-7,10,17-22H,8-9,11-16H2,1-2H3,(H2,35,37,38). The molecule has 0 spiro atoms. The smallest absolute Gasteiger partial charge is 0.145 e. The Balaban J connectivity index is 1.34. The van der Waals surface area contributed by atoms with E-state index in [-0.39, 0.29) is 5.82 Å². The molecule has 0 bridgehead atoms. The fourth-order valence-electron chi connectivity index (χ4n) is 6.02. The molecule has 2 fully saturated rings. The van der Waals surface area contributed by atoms with Gasteiger partial charge in [-0.05, 0) is 66.2 Å². The van der Waals surface area contributed by atoms with Gasteiger partial charge < -0.3 is 20.3 Å². The molecule has 2 N–H and O–H groups in total. The van der Waals surface area contributed by atoms with Gasteiger partial charge in [0.1, 0.15) is 29.5 Å². The molecule has 4 aromatic rings. The minimum Gasteiger partial charge on any atom is -0.494 e. The molecule has 0 unspecified atom stereocenters. The number of rotatable bonds is 7. The molecule has 6 rings (SSSR count). The van der Waals surface area contributed by atoms with E-state index in [4.69, 9.17) is 10.5 Å². The SMILES string of the molecule is COc1cc(N2CCC(N3CCN(C)CC3)CC2)c(Br)cc1N(c1ccnc(-c2ccccc2F)c1)c1cc(N)ncn1. The van der Waals surface area contributed by atoms with E-state index in [1.54, 1.807) is 37.6 Å². The first-order valence-electron chi connectivity index (χ1n) is 14.5. The molecule has 0 atom stereocenters. The minimum absolute atomic E-state index is 0.330. The molecular formula is C32H36BrFN8O. The van der Waals surface area contributed by atoms with Crippen molar-refractivity contribution in [3.8, 4) is 17.0 Å². The summed E-state index contributed by atoms with van der Waals surface area (Å²) < 4.78 is 21.7. The fourth-order valence-corrected chi connectivity index (χ4v) is 6.61. The van der Waals surface area contributed by atoms with Gasteiger partial charge in [0, 0.05) is 73.7 Å². The van der Waals surface area contributed by atoms with Gasteiger partial charge >= 0.3 is 0 Å². The average molecular weight is 648 g/mol. The normalized spacial score (nSPS) is 16.8. The van der Waals surface area contributed by atoms with Gasteiger partial charge in [-0.25, -0.2) is 14.4 Å². The number of nitrogen functional groups attached to an aromatic ring is 1. The number of piperidine rings is 1. The molecule has 2 aliphatic heterocycles. The highest BCUT2D eigenvalue weighted by Crippen LogP contribution is 2.45. The number of nitrogens with zero attached hydrogens (tertiary/aromatic N) is 7. The predicted molar refractivity (Wildman–Crippen MR) is 173 cm³/mol. The lowest BCUT2D eigenvalue weighted by molar-refractivity contribution is 0.0982. The van der Waals surface area contributed by atoms with E-state index < -0.39 is 0 Å². The molecule has 2 saturated heterocycles. The first-order valence-corrected chi connectivity index (χ1v) is 15.3. The summed E-state index contributed by atoms with van der Waals surface area (Å²) in [5.74, 6) is 1.20. The van der Waals surface area contributed by atoms with Crippen LogP contribution in [0.1, 0.15) is 12.8 Å². The number of piperazine rings is 1. The summed E-state index contributed by atoms with van der Waals surface area (Å²) in [5, 5.41) is 0. The second-order valence-corrected chi connectivity index (χ2v) is 11.9. The maximum atomic E-state index is 14.7. The molecule has 4 heterocycles. The highest BCUT2D eigenvalue weighted by Gasteiger charge is 2.29. The summed E-state index contributed by atoms with van der Waals surface area (Å²) in [7, 11) is 3.87. The lowest BCUT2D eigenvalue weighted by Crippen LogP contribution is -2.52. The Morgan fingerprint density at radius 3 is 2.44 bits per heavy atom. The zero-order chi connectivity index (χ0) is 29.9. The summed E-state index contributed by atoms with van der Waals surface area (Å²) in [4.78, 5) is 22.5. The summed E-state index contributed by atoms with van der Waals surface area (Å²) in [6, 6.07) is 16.7. The number of halogens is 2. The molecule has 224 valence electrons. The van der Waals surface area contributed by atoms with Crippen molar-refractivity contribution in [2.24, 2.45) is 0 Å². The Morgan fingerprint density at radius 2 is 1.72 bits per heavy atom. The Labute approximate surface area is 260 Å². The van der Waals surface area contributed by atoms with Crippen molar-refractivity contribution in [3.63, 3.8) is 0 Å². The van der Waals surface area contributed by atoms with Crippen molar-refractivity contribution in [1.29, 1.82) is 0 Å². The van der Waals surface area contributed by atoms with Crippen LogP contribution in [0.25, 0.3) is 11.3 Å².